The maximum absolute atomic E-state index is 11.2. The fourth-order valence-electron chi connectivity index (χ4n) is 6.30. The van der Waals surface area contributed by atoms with Gasteiger partial charge in [-0.15, -0.1) is 0 Å². The minimum absolute atomic E-state index is 0.0999. The second kappa shape index (κ2) is 17.6. The molecule has 1 heterocycles. The summed E-state index contributed by atoms with van der Waals surface area (Å²) in [5, 5.41) is 0. The van der Waals surface area contributed by atoms with Gasteiger partial charge in [-0.2, -0.15) is 0 Å². The van der Waals surface area contributed by atoms with Gasteiger partial charge < -0.3 is 21.0 Å². The number of benzene rings is 1. The molecule has 2 aliphatic rings. The van der Waals surface area contributed by atoms with Crippen molar-refractivity contribution >= 4 is 23.9 Å². The van der Waals surface area contributed by atoms with E-state index < -0.39 is 0 Å². The molecule has 0 saturated heterocycles. The summed E-state index contributed by atoms with van der Waals surface area (Å²) in [4.78, 5) is 25.9. The van der Waals surface area contributed by atoms with Crippen LogP contribution in [0.4, 0.5) is 5.69 Å². The number of hydrogen-bond acceptors (Lipinski definition) is 7. The lowest BCUT2D eigenvalue weighted by atomic mass is 9.81. The Morgan fingerprint density at radius 3 is 2.38 bits per heavy atom. The van der Waals surface area contributed by atoms with E-state index in [2.05, 4.69) is 32.1 Å². The Hall–Kier alpha value is -3.84. The van der Waals surface area contributed by atoms with Crippen LogP contribution in [0.5, 0.6) is 0 Å². The van der Waals surface area contributed by atoms with Crippen LogP contribution in [0, 0.1) is 24.7 Å². The van der Waals surface area contributed by atoms with E-state index in [0.29, 0.717) is 18.2 Å². The Morgan fingerprint density at radius 1 is 1.09 bits per heavy atom. The molecule has 0 amide bonds. The molecule has 4 rings (SSSR count). The van der Waals surface area contributed by atoms with E-state index in [4.69, 9.17) is 31.2 Å². The van der Waals surface area contributed by atoms with Gasteiger partial charge in [-0.3, -0.25) is 15.0 Å². The predicted molar refractivity (Wildman–Crippen MR) is 188 cm³/mol. The number of carbonyl (C=O) groups excluding carboxylic acids is 1. The average molecular weight is 612 g/mol. The van der Waals surface area contributed by atoms with Crippen molar-refractivity contribution in [3.8, 4) is 0 Å². The molecular formula is C38H53N5O2. The molecule has 0 radical (unpaired) electrons. The maximum Gasteiger partial charge on any atom is 0.123 e. The molecule has 0 bridgehead atoms. The molecule has 1 aromatic carbocycles. The van der Waals surface area contributed by atoms with Gasteiger partial charge in [0.25, 0.3) is 0 Å². The largest absolute Gasteiger partial charge is 0.401 e. The third-order valence-electron chi connectivity index (χ3n) is 8.74. The van der Waals surface area contributed by atoms with Crippen LogP contribution < -0.4 is 11.5 Å². The van der Waals surface area contributed by atoms with Crippen molar-refractivity contribution in [2.75, 3.05) is 13.7 Å². The highest BCUT2D eigenvalue weighted by molar-refractivity contribution is 6.01. The van der Waals surface area contributed by atoms with Gasteiger partial charge in [0, 0.05) is 59.5 Å². The third kappa shape index (κ3) is 9.33. The normalized spacial score (nSPS) is 21.8. The van der Waals surface area contributed by atoms with Crippen LogP contribution in [-0.2, 0) is 9.53 Å². The van der Waals surface area contributed by atoms with Crippen molar-refractivity contribution in [2.45, 2.75) is 85.7 Å². The Kier molecular flexibility index (Phi) is 13.9. The van der Waals surface area contributed by atoms with Crippen molar-refractivity contribution in [1.29, 1.82) is 0 Å². The van der Waals surface area contributed by atoms with Crippen molar-refractivity contribution in [1.82, 2.24) is 4.98 Å². The fourth-order valence-corrected chi connectivity index (χ4v) is 6.30. The number of aldehydes is 1. The van der Waals surface area contributed by atoms with Crippen LogP contribution in [0.3, 0.4) is 0 Å². The molecule has 7 nitrogen and oxygen atoms in total. The first-order valence-corrected chi connectivity index (χ1v) is 16.4. The number of hydrogen-bond donors (Lipinski definition) is 2. The van der Waals surface area contributed by atoms with Gasteiger partial charge in [0.05, 0.1) is 17.9 Å². The minimum atomic E-state index is -0.139. The highest BCUT2D eigenvalue weighted by Gasteiger charge is 2.26. The number of aliphatic imine (C=N–C) groups is 2. The second-order valence-corrected chi connectivity index (χ2v) is 12.0. The standard InChI is InChI=1S/C36H47N5O2.C2H6/c1-23(2)35(25(4)41-32-18-19-33(40-24(32)3)27-16-14-26(22-42)15-17-27)36(38)29-12-9-13-31(37)30(29)20-39-21-34(43-5)28-10-7-6-8-11-28;1-2/h6-11,13,18-20,22-23,26-27,29,34H,12,14-17,21,37-38H2,1-5H3;1-2H3/b36-35-,39-20?,41-25?;. The highest BCUT2D eigenvalue weighted by Crippen LogP contribution is 2.36. The van der Waals surface area contributed by atoms with E-state index in [1.54, 1.807) is 7.11 Å². The van der Waals surface area contributed by atoms with Crippen LogP contribution in [0.1, 0.15) is 95.7 Å². The molecule has 242 valence electrons. The first-order chi connectivity index (χ1) is 21.7. The van der Waals surface area contributed by atoms with Gasteiger partial charge in [-0.05, 0) is 81.2 Å². The van der Waals surface area contributed by atoms with E-state index in [0.717, 1.165) is 83.6 Å². The number of aromatic nitrogens is 1. The summed E-state index contributed by atoms with van der Waals surface area (Å²) < 4.78 is 5.70. The highest BCUT2D eigenvalue weighted by atomic mass is 16.5. The summed E-state index contributed by atoms with van der Waals surface area (Å²) >= 11 is 0. The smallest absolute Gasteiger partial charge is 0.123 e. The van der Waals surface area contributed by atoms with Crippen molar-refractivity contribution in [3.05, 3.63) is 94.1 Å². The van der Waals surface area contributed by atoms with E-state index in [1.165, 1.54) is 0 Å². The number of pyridine rings is 1. The topological polar surface area (TPSA) is 116 Å². The van der Waals surface area contributed by atoms with Crippen molar-refractivity contribution in [2.24, 2.45) is 39.2 Å². The molecule has 7 heteroatoms. The zero-order chi connectivity index (χ0) is 32.9. The van der Waals surface area contributed by atoms with Crippen LogP contribution in [0.2, 0.25) is 0 Å². The second-order valence-electron chi connectivity index (χ2n) is 12.0. The number of methoxy groups -OCH3 is 1. The molecule has 1 saturated carbocycles. The molecule has 0 spiro atoms. The van der Waals surface area contributed by atoms with Crippen LogP contribution in [0.25, 0.3) is 0 Å². The average Bonchev–Trinajstić information content (AvgIpc) is 3.06. The molecule has 2 unspecified atom stereocenters. The summed E-state index contributed by atoms with van der Waals surface area (Å²) in [6.45, 7) is 12.8. The Labute approximate surface area is 270 Å². The number of aryl methyl sites for hydroxylation is 1. The van der Waals surface area contributed by atoms with Crippen LogP contribution in [-0.4, -0.2) is 36.9 Å². The molecule has 45 heavy (non-hydrogen) atoms. The Bertz CT molecular complexity index is 1410. The number of allylic oxidation sites excluding steroid dienone is 4. The maximum atomic E-state index is 11.2. The third-order valence-corrected chi connectivity index (χ3v) is 8.74. The summed E-state index contributed by atoms with van der Waals surface area (Å²) in [6, 6.07) is 14.3. The number of rotatable bonds is 11. The summed E-state index contributed by atoms with van der Waals surface area (Å²) in [7, 11) is 1.70. The van der Waals surface area contributed by atoms with Gasteiger partial charge in [-0.25, -0.2) is 0 Å². The molecule has 2 aliphatic carbocycles. The van der Waals surface area contributed by atoms with E-state index >= 15 is 0 Å². The molecule has 1 aromatic heterocycles. The Morgan fingerprint density at radius 2 is 1.78 bits per heavy atom. The first-order valence-electron chi connectivity index (χ1n) is 16.4. The lowest BCUT2D eigenvalue weighted by Gasteiger charge is -2.26. The van der Waals surface area contributed by atoms with E-state index in [9.17, 15) is 4.79 Å². The fraction of sp³-hybridized carbons (Fsp3) is 0.474. The lowest BCUT2D eigenvalue weighted by molar-refractivity contribution is -0.111. The van der Waals surface area contributed by atoms with E-state index in [1.807, 2.05) is 70.3 Å². The van der Waals surface area contributed by atoms with Gasteiger partial charge in [0.15, 0.2) is 0 Å². The SMILES string of the molecule is CC.COC(CN=CC1=C(N)C=CCC1/C(N)=C(/C(C)=Nc1ccc(C2CCC(C=O)CC2)nc1C)C(C)C)c1ccccc1. The molecule has 2 atom stereocenters. The quantitative estimate of drug-likeness (QED) is 0.197. The van der Waals surface area contributed by atoms with Crippen molar-refractivity contribution < 1.29 is 9.53 Å². The zero-order valence-electron chi connectivity index (χ0n) is 28.3. The summed E-state index contributed by atoms with van der Waals surface area (Å²) in [5.41, 5.74) is 21.7. The number of carbonyl (C=O) groups is 1. The molecule has 0 aliphatic heterocycles. The molecule has 4 N–H and O–H groups in total. The van der Waals surface area contributed by atoms with Gasteiger partial charge in [0.1, 0.15) is 12.4 Å². The number of ether oxygens (including phenoxy) is 1. The van der Waals surface area contributed by atoms with Crippen molar-refractivity contribution in [3.63, 3.8) is 0 Å². The van der Waals surface area contributed by atoms with Gasteiger partial charge in [-0.1, -0.05) is 64.1 Å². The van der Waals surface area contributed by atoms with Crippen LogP contribution >= 0.6 is 0 Å². The lowest BCUT2D eigenvalue weighted by Crippen LogP contribution is -2.25. The summed E-state index contributed by atoms with van der Waals surface area (Å²) in [6.07, 6.45) is 11.5. The number of nitrogens with zero attached hydrogens (tertiary/aromatic N) is 3. The number of nitrogens with two attached hydrogens (primary N) is 2. The summed E-state index contributed by atoms with van der Waals surface area (Å²) in [5.74, 6) is 0.658. The molecule has 1 fully saturated rings. The first kappa shape index (κ1) is 35.6. The van der Waals surface area contributed by atoms with Gasteiger partial charge >= 0.3 is 0 Å². The predicted octanol–water partition coefficient (Wildman–Crippen LogP) is 8.10. The molecule has 2 aromatic rings. The van der Waals surface area contributed by atoms with E-state index in [-0.39, 0.29) is 23.9 Å². The molecular weight excluding hydrogens is 558 g/mol. The van der Waals surface area contributed by atoms with Crippen LogP contribution in [0.15, 0.2) is 87.1 Å². The zero-order valence-corrected chi connectivity index (χ0v) is 28.3. The Balaban J connectivity index is 0.00000271. The minimum Gasteiger partial charge on any atom is -0.401 e. The monoisotopic (exact) mass is 611 g/mol. The van der Waals surface area contributed by atoms with Gasteiger partial charge in [0.2, 0.25) is 0 Å².